The Bertz CT molecular complexity index is 554. The molecule has 0 radical (unpaired) electrons. The van der Waals surface area contributed by atoms with Crippen molar-refractivity contribution in [1.29, 1.82) is 0 Å². The number of hydrogen-bond donors (Lipinski definition) is 0. The SMILES string of the molecule is CN(C)C=CC(=O)c1ccc(OC(F)F)c(OCC2CC2)c1. The van der Waals surface area contributed by atoms with Crippen LogP contribution in [-0.4, -0.2) is 38.0 Å². The molecule has 0 heterocycles. The molecule has 6 heteroatoms. The molecular weight excluding hydrogens is 292 g/mol. The lowest BCUT2D eigenvalue weighted by atomic mass is 10.1. The number of halogens is 2. The Morgan fingerprint density at radius 2 is 2.09 bits per heavy atom. The molecule has 4 nitrogen and oxygen atoms in total. The van der Waals surface area contributed by atoms with Gasteiger partial charge >= 0.3 is 6.61 Å². The van der Waals surface area contributed by atoms with Crippen molar-refractivity contribution in [2.24, 2.45) is 5.92 Å². The van der Waals surface area contributed by atoms with E-state index in [0.717, 1.165) is 12.8 Å². The van der Waals surface area contributed by atoms with Crippen molar-refractivity contribution in [1.82, 2.24) is 4.90 Å². The maximum Gasteiger partial charge on any atom is 0.387 e. The third kappa shape index (κ3) is 5.02. The van der Waals surface area contributed by atoms with Crippen molar-refractivity contribution in [3.63, 3.8) is 0 Å². The van der Waals surface area contributed by atoms with Gasteiger partial charge in [-0.1, -0.05) is 0 Å². The fourth-order valence-corrected chi connectivity index (χ4v) is 1.77. The van der Waals surface area contributed by atoms with Crippen LogP contribution in [-0.2, 0) is 0 Å². The Morgan fingerprint density at radius 1 is 1.36 bits per heavy atom. The Morgan fingerprint density at radius 3 is 2.68 bits per heavy atom. The molecular formula is C16H19F2NO3. The molecule has 1 saturated carbocycles. The topological polar surface area (TPSA) is 38.8 Å². The van der Waals surface area contributed by atoms with E-state index in [-0.39, 0.29) is 17.3 Å². The van der Waals surface area contributed by atoms with Crippen LogP contribution in [0.4, 0.5) is 8.78 Å². The number of ether oxygens (including phenoxy) is 2. The van der Waals surface area contributed by atoms with Gasteiger partial charge in [0.1, 0.15) is 0 Å². The number of alkyl halides is 2. The number of hydrogen-bond acceptors (Lipinski definition) is 4. The summed E-state index contributed by atoms with van der Waals surface area (Å²) in [6.45, 7) is -2.48. The van der Waals surface area contributed by atoms with Crippen molar-refractivity contribution in [2.75, 3.05) is 20.7 Å². The van der Waals surface area contributed by atoms with Gasteiger partial charge in [0.05, 0.1) is 6.61 Å². The third-order valence-corrected chi connectivity index (χ3v) is 3.14. The maximum atomic E-state index is 12.4. The number of rotatable bonds is 8. The van der Waals surface area contributed by atoms with Crippen LogP contribution in [0, 0.1) is 5.92 Å². The average Bonchev–Trinajstić information content (AvgIpc) is 3.27. The van der Waals surface area contributed by atoms with Crippen molar-refractivity contribution in [3.8, 4) is 11.5 Å². The van der Waals surface area contributed by atoms with Gasteiger partial charge in [-0.2, -0.15) is 8.78 Å². The van der Waals surface area contributed by atoms with Crippen LogP contribution >= 0.6 is 0 Å². The highest BCUT2D eigenvalue weighted by Gasteiger charge is 2.23. The molecule has 0 aromatic heterocycles. The molecule has 0 saturated heterocycles. The number of allylic oxidation sites excluding steroid dienone is 1. The van der Waals surface area contributed by atoms with Crippen LogP contribution in [0.3, 0.4) is 0 Å². The van der Waals surface area contributed by atoms with E-state index in [1.807, 2.05) is 0 Å². The highest BCUT2D eigenvalue weighted by molar-refractivity contribution is 6.04. The first-order chi connectivity index (χ1) is 10.5. The number of ketones is 1. The van der Waals surface area contributed by atoms with E-state index in [4.69, 9.17) is 4.74 Å². The molecule has 0 atom stereocenters. The average molecular weight is 311 g/mol. The lowest BCUT2D eigenvalue weighted by Gasteiger charge is -2.13. The first-order valence-electron chi connectivity index (χ1n) is 7.06. The summed E-state index contributed by atoms with van der Waals surface area (Å²) in [5.74, 6) is 0.362. The van der Waals surface area contributed by atoms with Crippen LogP contribution in [0.15, 0.2) is 30.5 Å². The lowest BCUT2D eigenvalue weighted by molar-refractivity contribution is -0.0515. The van der Waals surface area contributed by atoms with Crippen LogP contribution in [0.1, 0.15) is 23.2 Å². The summed E-state index contributed by atoms with van der Waals surface area (Å²) >= 11 is 0. The summed E-state index contributed by atoms with van der Waals surface area (Å²) < 4.78 is 34.8. The molecule has 0 N–H and O–H groups in total. The molecule has 120 valence electrons. The van der Waals surface area contributed by atoms with Gasteiger partial charge < -0.3 is 14.4 Å². The number of nitrogens with zero attached hydrogens (tertiary/aromatic N) is 1. The molecule has 1 aliphatic rings. The van der Waals surface area contributed by atoms with Gasteiger partial charge in [0.2, 0.25) is 0 Å². The van der Waals surface area contributed by atoms with E-state index in [1.54, 1.807) is 25.2 Å². The van der Waals surface area contributed by atoms with Crippen molar-refractivity contribution >= 4 is 5.78 Å². The van der Waals surface area contributed by atoms with Gasteiger partial charge in [-0.25, -0.2) is 0 Å². The summed E-state index contributed by atoms with van der Waals surface area (Å²) in [5, 5.41) is 0. The van der Waals surface area contributed by atoms with Crippen molar-refractivity contribution in [2.45, 2.75) is 19.5 Å². The van der Waals surface area contributed by atoms with Gasteiger partial charge in [-0.3, -0.25) is 4.79 Å². The Kier molecular flexibility index (Phi) is 5.35. The first kappa shape index (κ1) is 16.3. The molecule has 1 aliphatic carbocycles. The van der Waals surface area contributed by atoms with Crippen LogP contribution in [0.2, 0.25) is 0 Å². The summed E-state index contributed by atoms with van der Waals surface area (Å²) in [4.78, 5) is 13.8. The van der Waals surface area contributed by atoms with E-state index in [9.17, 15) is 13.6 Å². The fourth-order valence-electron chi connectivity index (χ4n) is 1.77. The minimum Gasteiger partial charge on any atom is -0.489 e. The molecule has 2 rings (SSSR count). The molecule has 0 amide bonds. The van der Waals surface area contributed by atoms with Crippen LogP contribution < -0.4 is 9.47 Å². The number of carbonyl (C=O) groups is 1. The zero-order chi connectivity index (χ0) is 16.1. The van der Waals surface area contributed by atoms with Gasteiger partial charge in [0, 0.05) is 31.9 Å². The monoisotopic (exact) mass is 311 g/mol. The molecule has 0 aliphatic heterocycles. The molecule has 1 aromatic carbocycles. The fraction of sp³-hybridized carbons (Fsp3) is 0.438. The van der Waals surface area contributed by atoms with Gasteiger partial charge in [-0.05, 0) is 37.0 Å². The molecule has 0 spiro atoms. The highest BCUT2D eigenvalue weighted by atomic mass is 19.3. The van der Waals surface area contributed by atoms with Crippen LogP contribution in [0.25, 0.3) is 0 Å². The molecule has 0 bridgehead atoms. The van der Waals surface area contributed by atoms with E-state index in [1.165, 1.54) is 24.3 Å². The second-order valence-electron chi connectivity index (χ2n) is 5.44. The first-order valence-corrected chi connectivity index (χ1v) is 7.06. The summed E-state index contributed by atoms with van der Waals surface area (Å²) in [6, 6.07) is 4.23. The molecule has 1 fully saturated rings. The second-order valence-corrected chi connectivity index (χ2v) is 5.44. The Hall–Kier alpha value is -2.11. The Balaban J connectivity index is 2.16. The maximum absolute atomic E-state index is 12.4. The Labute approximate surface area is 128 Å². The normalized spacial score (nSPS) is 14.4. The van der Waals surface area contributed by atoms with Crippen molar-refractivity contribution in [3.05, 3.63) is 36.0 Å². The number of benzene rings is 1. The largest absolute Gasteiger partial charge is 0.489 e. The minimum absolute atomic E-state index is 0.0520. The minimum atomic E-state index is -2.93. The zero-order valence-electron chi connectivity index (χ0n) is 12.6. The highest BCUT2D eigenvalue weighted by Crippen LogP contribution is 2.34. The van der Waals surface area contributed by atoms with E-state index in [2.05, 4.69) is 4.74 Å². The lowest BCUT2D eigenvalue weighted by Crippen LogP contribution is -2.08. The van der Waals surface area contributed by atoms with Gasteiger partial charge in [-0.15, -0.1) is 0 Å². The summed E-state index contributed by atoms with van der Waals surface area (Å²) in [7, 11) is 3.60. The van der Waals surface area contributed by atoms with E-state index < -0.39 is 6.61 Å². The standard InChI is InChI=1S/C16H19F2NO3/c1-19(2)8-7-13(20)12-5-6-14(22-16(17)18)15(9-12)21-10-11-3-4-11/h5-9,11,16H,3-4,10H2,1-2H3. The van der Waals surface area contributed by atoms with Crippen molar-refractivity contribution < 1.29 is 23.0 Å². The zero-order valence-corrected chi connectivity index (χ0v) is 12.6. The third-order valence-electron chi connectivity index (χ3n) is 3.14. The molecule has 0 unspecified atom stereocenters. The summed E-state index contributed by atoms with van der Waals surface area (Å²) in [5.41, 5.74) is 0.366. The predicted octanol–water partition coefficient (Wildman–Crippen LogP) is 3.33. The molecule has 22 heavy (non-hydrogen) atoms. The van der Waals surface area contributed by atoms with E-state index in [0.29, 0.717) is 18.1 Å². The second kappa shape index (κ2) is 7.24. The smallest absolute Gasteiger partial charge is 0.387 e. The molecule has 1 aromatic rings. The quantitative estimate of drug-likeness (QED) is 0.545. The van der Waals surface area contributed by atoms with Crippen LogP contribution in [0.5, 0.6) is 11.5 Å². The summed E-state index contributed by atoms with van der Waals surface area (Å²) in [6.07, 6.45) is 5.19. The van der Waals surface area contributed by atoms with E-state index >= 15 is 0 Å². The predicted molar refractivity (Wildman–Crippen MR) is 78.5 cm³/mol. The number of carbonyl (C=O) groups excluding carboxylic acids is 1. The van der Waals surface area contributed by atoms with Gasteiger partial charge in [0.25, 0.3) is 0 Å². The van der Waals surface area contributed by atoms with Gasteiger partial charge in [0.15, 0.2) is 17.3 Å².